The molecule has 0 bridgehead atoms. The van der Waals surface area contributed by atoms with Crippen LogP contribution in [0.4, 0.5) is 10.5 Å². The van der Waals surface area contributed by atoms with Crippen LogP contribution in [-0.2, 0) is 25.7 Å². The number of urea groups is 1. The van der Waals surface area contributed by atoms with Gasteiger partial charge in [0.2, 0.25) is 0 Å². The first-order valence-electron chi connectivity index (χ1n) is 7.12. The number of nitrogens with two attached hydrogens (primary N) is 2. The van der Waals surface area contributed by atoms with E-state index in [1.165, 1.54) is 22.3 Å². The first-order valence-corrected chi connectivity index (χ1v) is 7.94. The van der Waals surface area contributed by atoms with Crippen LogP contribution in [0.15, 0.2) is 11.2 Å². The molecule has 112 valence electrons. The lowest BCUT2D eigenvalue weighted by molar-refractivity contribution is 0.257. The number of nitrogens with zero attached hydrogens (tertiary/aromatic N) is 1. The maximum Gasteiger partial charge on any atom is 0.329 e. The predicted octanol–water partition coefficient (Wildman–Crippen LogP) is 1.62. The van der Waals surface area contributed by atoms with E-state index in [4.69, 9.17) is 11.6 Å². The molecule has 3 rings (SSSR count). The van der Waals surface area contributed by atoms with E-state index >= 15 is 0 Å². The van der Waals surface area contributed by atoms with Crippen molar-refractivity contribution in [1.82, 2.24) is 4.72 Å². The number of anilines is 1. The Labute approximate surface area is 127 Å². The number of hydrogen-bond donors (Lipinski definition) is 4. The minimum absolute atomic E-state index is 0.119. The molecule has 2 aliphatic rings. The highest BCUT2D eigenvalue weighted by atomic mass is 32.2. The maximum atomic E-state index is 12.0. The molecule has 2 aliphatic carbocycles. The Morgan fingerprint density at radius 2 is 1.76 bits per heavy atom. The van der Waals surface area contributed by atoms with Gasteiger partial charge in [0, 0.05) is 17.6 Å². The molecule has 0 saturated heterocycles. The van der Waals surface area contributed by atoms with Crippen molar-refractivity contribution in [3.8, 4) is 0 Å². The first kappa shape index (κ1) is 14.1. The number of amidine groups is 1. The zero-order chi connectivity index (χ0) is 14.8. The standard InChI is InChI=1S/C14H19N5OS/c15-13(18-16)21-19-14(20)17-12-10-5-1-3-8(10)7-9-4-2-6-11(9)12/h7H,1-6,16H2,(H2,15,18)(H2,17,19,20). The minimum atomic E-state index is -0.291. The smallest absolute Gasteiger partial charge is 0.329 e. The Bertz CT molecular complexity index is 582. The number of nitrogens with one attached hydrogen (secondary N) is 2. The normalized spacial score (nSPS) is 16.5. The number of fused-ring (bicyclic) bond motifs is 2. The van der Waals surface area contributed by atoms with Crippen molar-refractivity contribution in [3.05, 3.63) is 28.3 Å². The number of hydrogen-bond acceptors (Lipinski definition) is 4. The molecular formula is C14H19N5OS. The lowest BCUT2D eigenvalue weighted by atomic mass is 9.99. The molecule has 0 heterocycles. The molecule has 7 heteroatoms. The van der Waals surface area contributed by atoms with Crippen molar-refractivity contribution < 1.29 is 4.79 Å². The number of carbonyl (C=O) groups is 1. The molecular weight excluding hydrogens is 286 g/mol. The van der Waals surface area contributed by atoms with E-state index in [9.17, 15) is 4.79 Å². The third-order valence-electron chi connectivity index (χ3n) is 4.09. The summed E-state index contributed by atoms with van der Waals surface area (Å²) >= 11 is 0.911. The van der Waals surface area contributed by atoms with Crippen molar-refractivity contribution in [1.29, 1.82) is 0 Å². The van der Waals surface area contributed by atoms with Crippen LogP contribution < -0.4 is 21.6 Å². The van der Waals surface area contributed by atoms with Gasteiger partial charge in [-0.25, -0.2) is 4.79 Å². The highest BCUT2D eigenvalue weighted by Crippen LogP contribution is 2.38. The van der Waals surface area contributed by atoms with Gasteiger partial charge in [-0.1, -0.05) is 6.07 Å². The van der Waals surface area contributed by atoms with Crippen molar-refractivity contribution >= 4 is 28.8 Å². The molecule has 21 heavy (non-hydrogen) atoms. The lowest BCUT2D eigenvalue weighted by Gasteiger charge is -2.16. The fraction of sp³-hybridized carbons (Fsp3) is 0.429. The van der Waals surface area contributed by atoms with Crippen LogP contribution >= 0.6 is 11.9 Å². The molecule has 0 aromatic heterocycles. The summed E-state index contributed by atoms with van der Waals surface area (Å²) in [4.78, 5) is 12.0. The zero-order valence-corrected chi connectivity index (χ0v) is 12.6. The maximum absolute atomic E-state index is 12.0. The molecule has 0 unspecified atom stereocenters. The van der Waals surface area contributed by atoms with Crippen LogP contribution in [0, 0.1) is 0 Å². The topological polar surface area (TPSA) is 106 Å². The van der Waals surface area contributed by atoms with E-state index in [2.05, 4.69) is 21.2 Å². The van der Waals surface area contributed by atoms with Gasteiger partial charge in [0.05, 0.1) is 0 Å². The van der Waals surface area contributed by atoms with Gasteiger partial charge in [-0.2, -0.15) is 5.10 Å². The summed E-state index contributed by atoms with van der Waals surface area (Å²) in [5.74, 6) is 5.03. The first-order chi connectivity index (χ1) is 10.2. The molecule has 0 aliphatic heterocycles. The van der Waals surface area contributed by atoms with Crippen LogP contribution in [0.1, 0.15) is 35.1 Å². The summed E-state index contributed by atoms with van der Waals surface area (Å²) in [6.45, 7) is 0. The molecule has 0 spiro atoms. The third-order valence-corrected chi connectivity index (χ3v) is 4.69. The number of benzene rings is 1. The van der Waals surface area contributed by atoms with Crippen molar-refractivity contribution in [2.75, 3.05) is 5.32 Å². The Morgan fingerprint density at radius 1 is 1.14 bits per heavy atom. The predicted molar refractivity (Wildman–Crippen MR) is 86.0 cm³/mol. The monoisotopic (exact) mass is 305 g/mol. The second-order valence-corrected chi connectivity index (χ2v) is 6.19. The SMILES string of the molecule is N/N=C(\N)SNC(=O)Nc1c2c(cc3c1CCC3)CCC2. The number of hydrazone groups is 1. The Hall–Kier alpha value is -1.89. The van der Waals surface area contributed by atoms with E-state index < -0.39 is 0 Å². The number of amides is 2. The van der Waals surface area contributed by atoms with Crippen molar-refractivity contribution in [2.45, 2.75) is 38.5 Å². The van der Waals surface area contributed by atoms with Gasteiger partial charge in [0.15, 0.2) is 5.17 Å². The molecule has 0 atom stereocenters. The highest BCUT2D eigenvalue weighted by molar-refractivity contribution is 8.12. The molecule has 0 saturated carbocycles. The molecule has 0 fully saturated rings. The van der Waals surface area contributed by atoms with Crippen LogP contribution in [-0.4, -0.2) is 11.2 Å². The summed E-state index contributed by atoms with van der Waals surface area (Å²) in [5.41, 5.74) is 11.8. The van der Waals surface area contributed by atoms with Gasteiger partial charge in [-0.15, -0.1) is 0 Å². The fourth-order valence-corrected chi connectivity index (χ4v) is 3.53. The molecule has 2 amide bonds. The van der Waals surface area contributed by atoms with E-state index in [1.54, 1.807) is 0 Å². The fourth-order valence-electron chi connectivity index (χ4n) is 3.23. The van der Waals surface area contributed by atoms with E-state index in [0.29, 0.717) is 0 Å². The molecule has 6 N–H and O–H groups in total. The number of rotatable bonds is 1. The number of carbonyl (C=O) groups excluding carboxylic acids is 1. The summed E-state index contributed by atoms with van der Waals surface area (Å²) in [6, 6.07) is 2.04. The largest absolute Gasteiger partial charge is 0.375 e. The van der Waals surface area contributed by atoms with Crippen LogP contribution in [0.25, 0.3) is 0 Å². The lowest BCUT2D eigenvalue weighted by Crippen LogP contribution is -2.27. The van der Waals surface area contributed by atoms with Gasteiger partial charge in [-0.05, 0) is 60.8 Å². The Kier molecular flexibility index (Phi) is 3.92. The van der Waals surface area contributed by atoms with Crippen LogP contribution in [0.5, 0.6) is 0 Å². The zero-order valence-electron chi connectivity index (χ0n) is 11.7. The number of aryl methyl sites for hydroxylation is 2. The Balaban J connectivity index is 1.81. The van der Waals surface area contributed by atoms with Gasteiger partial charge in [-0.3, -0.25) is 4.72 Å². The third kappa shape index (κ3) is 2.78. The van der Waals surface area contributed by atoms with E-state index in [1.807, 2.05) is 0 Å². The van der Waals surface area contributed by atoms with Crippen molar-refractivity contribution in [2.24, 2.45) is 16.7 Å². The summed E-state index contributed by atoms with van der Waals surface area (Å²) in [6.07, 6.45) is 6.63. The molecule has 6 nitrogen and oxygen atoms in total. The van der Waals surface area contributed by atoms with Gasteiger partial charge < -0.3 is 16.9 Å². The summed E-state index contributed by atoms with van der Waals surface area (Å²) < 4.78 is 2.60. The molecule has 1 aromatic carbocycles. The molecule has 0 radical (unpaired) electrons. The van der Waals surface area contributed by atoms with Crippen LogP contribution in [0.3, 0.4) is 0 Å². The summed E-state index contributed by atoms with van der Waals surface area (Å²) in [7, 11) is 0. The quantitative estimate of drug-likeness (QED) is 0.208. The van der Waals surface area contributed by atoms with E-state index in [0.717, 1.165) is 56.2 Å². The van der Waals surface area contributed by atoms with E-state index in [-0.39, 0.29) is 11.2 Å². The van der Waals surface area contributed by atoms with Gasteiger partial charge in [0.1, 0.15) is 0 Å². The second kappa shape index (κ2) is 5.85. The minimum Gasteiger partial charge on any atom is -0.375 e. The second-order valence-electron chi connectivity index (χ2n) is 5.36. The van der Waals surface area contributed by atoms with Gasteiger partial charge in [0.25, 0.3) is 0 Å². The van der Waals surface area contributed by atoms with Gasteiger partial charge >= 0.3 is 6.03 Å². The summed E-state index contributed by atoms with van der Waals surface area (Å²) in [5, 5.41) is 6.42. The van der Waals surface area contributed by atoms with Crippen LogP contribution in [0.2, 0.25) is 0 Å². The highest BCUT2D eigenvalue weighted by Gasteiger charge is 2.24. The average molecular weight is 305 g/mol. The molecule has 1 aromatic rings. The van der Waals surface area contributed by atoms with Crippen molar-refractivity contribution in [3.63, 3.8) is 0 Å². The average Bonchev–Trinajstić information content (AvgIpc) is 3.12. The Morgan fingerprint density at radius 3 is 2.33 bits per heavy atom.